The highest BCUT2D eigenvalue weighted by molar-refractivity contribution is 5.55. The summed E-state index contributed by atoms with van der Waals surface area (Å²) in [5.41, 5.74) is 4.30. The number of aryl methyl sites for hydroxylation is 1. The molecule has 3 N–H and O–H groups in total. The first kappa shape index (κ1) is 28.0. The summed E-state index contributed by atoms with van der Waals surface area (Å²) in [6.45, 7) is 4.76. The molecule has 1 aromatic heterocycles. The number of nitrogens with two attached hydrogens (primary N) is 1. The summed E-state index contributed by atoms with van der Waals surface area (Å²) in [6.07, 6.45) is -2.81. The van der Waals surface area contributed by atoms with E-state index >= 15 is 4.39 Å². The molecule has 0 bridgehead atoms. The van der Waals surface area contributed by atoms with E-state index in [2.05, 4.69) is 20.1 Å². The van der Waals surface area contributed by atoms with E-state index in [4.69, 9.17) is 20.2 Å². The number of nitrogens with one attached hydrogen (secondary N) is 1. The summed E-state index contributed by atoms with van der Waals surface area (Å²) >= 11 is 0. The molecule has 42 heavy (non-hydrogen) atoms. The summed E-state index contributed by atoms with van der Waals surface area (Å²) in [4.78, 5) is 13.7. The summed E-state index contributed by atoms with van der Waals surface area (Å²) in [5, 5.41) is 3.57. The Morgan fingerprint density at radius 2 is 2.02 bits per heavy atom. The number of hydrogen-bond acceptors (Lipinski definition) is 8. The van der Waals surface area contributed by atoms with Gasteiger partial charge in [-0.2, -0.15) is 23.1 Å². The second-order valence-electron chi connectivity index (χ2n) is 12.6. The minimum atomic E-state index is -4.80. The van der Waals surface area contributed by atoms with Crippen molar-refractivity contribution in [1.82, 2.24) is 20.2 Å². The van der Waals surface area contributed by atoms with Crippen LogP contribution < -0.4 is 20.7 Å². The first-order valence-electron chi connectivity index (χ1n) is 14.7. The van der Waals surface area contributed by atoms with Crippen molar-refractivity contribution < 1.29 is 31.4 Å². The van der Waals surface area contributed by atoms with Crippen molar-refractivity contribution in [2.75, 3.05) is 50.0 Å². The molecule has 3 unspecified atom stereocenters. The summed E-state index contributed by atoms with van der Waals surface area (Å²) in [6, 6.07) is 1.09. The topological polar surface area (TPSA) is 88.8 Å². The maximum Gasteiger partial charge on any atom is 0.417 e. The van der Waals surface area contributed by atoms with Crippen molar-refractivity contribution in [2.24, 2.45) is 0 Å². The Morgan fingerprint density at radius 1 is 1.21 bits per heavy atom. The summed E-state index contributed by atoms with van der Waals surface area (Å²) in [5.74, 6) is -0.510. The minimum Gasteiger partial charge on any atom is -0.461 e. The molecule has 0 amide bonds. The Balaban J connectivity index is 1.25. The fourth-order valence-electron chi connectivity index (χ4n) is 7.54. The molecule has 0 radical (unpaired) electrons. The zero-order chi connectivity index (χ0) is 29.4. The van der Waals surface area contributed by atoms with Gasteiger partial charge >= 0.3 is 12.2 Å². The average molecular weight is 595 g/mol. The molecule has 1 aliphatic carbocycles. The third-order valence-corrected chi connectivity index (χ3v) is 9.75. The minimum absolute atomic E-state index is 0.0301. The van der Waals surface area contributed by atoms with Gasteiger partial charge in [0.05, 0.1) is 35.2 Å². The van der Waals surface area contributed by atoms with Crippen molar-refractivity contribution in [3.05, 3.63) is 39.8 Å². The fraction of sp³-hybridized carbons (Fsp3) is 0.655. The lowest BCUT2D eigenvalue weighted by Crippen LogP contribution is -2.53. The highest BCUT2D eigenvalue weighted by Gasteiger charge is 2.50. The van der Waals surface area contributed by atoms with Crippen LogP contribution in [0.5, 0.6) is 6.01 Å². The second-order valence-corrected chi connectivity index (χ2v) is 12.6. The number of benzene rings is 1. The second kappa shape index (κ2) is 9.88. The predicted molar refractivity (Wildman–Crippen MR) is 145 cm³/mol. The molecule has 1 spiro atoms. The highest BCUT2D eigenvalue weighted by Crippen LogP contribution is 2.46. The number of nitrogens with zero attached hydrogens (tertiary/aromatic N) is 4. The smallest absolute Gasteiger partial charge is 0.417 e. The number of hydrogen-bond donors (Lipinski definition) is 2. The van der Waals surface area contributed by atoms with E-state index in [1.807, 2.05) is 0 Å². The van der Waals surface area contributed by atoms with Crippen LogP contribution in [0.25, 0.3) is 0 Å². The van der Waals surface area contributed by atoms with Gasteiger partial charge in [-0.15, -0.1) is 0 Å². The zero-order valence-electron chi connectivity index (χ0n) is 23.5. The van der Waals surface area contributed by atoms with Gasteiger partial charge in [0.15, 0.2) is 5.82 Å². The number of alkyl halides is 4. The van der Waals surface area contributed by atoms with E-state index < -0.39 is 40.9 Å². The monoisotopic (exact) mass is 594 g/mol. The molecule has 13 heteroatoms. The van der Waals surface area contributed by atoms with Crippen LogP contribution in [-0.4, -0.2) is 71.4 Å². The number of fused-ring (bicyclic) bond motifs is 2. The summed E-state index contributed by atoms with van der Waals surface area (Å²) in [7, 11) is 0. The molecule has 4 fully saturated rings. The lowest BCUT2D eigenvalue weighted by atomic mass is 9.91. The van der Waals surface area contributed by atoms with Gasteiger partial charge in [-0.3, -0.25) is 4.90 Å². The number of anilines is 2. The predicted octanol–water partition coefficient (Wildman–Crippen LogP) is 4.24. The van der Waals surface area contributed by atoms with Crippen molar-refractivity contribution in [2.45, 2.75) is 81.6 Å². The maximum absolute atomic E-state index is 15.3. The average Bonchev–Trinajstić information content (AvgIpc) is 3.43. The van der Waals surface area contributed by atoms with Crippen LogP contribution in [0.1, 0.15) is 66.2 Å². The molecular formula is C29H35F5N6O2. The van der Waals surface area contributed by atoms with Gasteiger partial charge < -0.3 is 25.4 Å². The van der Waals surface area contributed by atoms with Crippen LogP contribution in [0, 0.1) is 12.7 Å². The van der Waals surface area contributed by atoms with Gasteiger partial charge in [0.25, 0.3) is 0 Å². The quantitative estimate of drug-likeness (QED) is 0.393. The van der Waals surface area contributed by atoms with Gasteiger partial charge in [0.1, 0.15) is 18.6 Å². The van der Waals surface area contributed by atoms with Crippen molar-refractivity contribution in [3.8, 4) is 6.01 Å². The van der Waals surface area contributed by atoms with E-state index in [9.17, 15) is 17.6 Å². The molecule has 1 saturated carbocycles. The Labute approximate surface area is 240 Å². The Morgan fingerprint density at radius 3 is 2.79 bits per heavy atom. The number of piperazine rings is 1. The van der Waals surface area contributed by atoms with E-state index in [0.29, 0.717) is 36.6 Å². The number of aromatic nitrogens is 2. The number of rotatable bonds is 5. The molecule has 228 valence electrons. The summed E-state index contributed by atoms with van der Waals surface area (Å²) < 4.78 is 84.3. The van der Waals surface area contributed by atoms with E-state index in [1.54, 1.807) is 0 Å². The van der Waals surface area contributed by atoms with E-state index in [1.165, 1.54) is 6.92 Å². The van der Waals surface area contributed by atoms with Crippen LogP contribution in [-0.2, 0) is 23.9 Å². The van der Waals surface area contributed by atoms with Gasteiger partial charge in [0, 0.05) is 55.7 Å². The molecule has 8 nitrogen and oxygen atoms in total. The molecule has 1 aromatic carbocycles. The molecule has 3 saturated heterocycles. The number of nitrogen functional groups attached to an aromatic ring is 1. The van der Waals surface area contributed by atoms with Crippen LogP contribution in [0.3, 0.4) is 0 Å². The van der Waals surface area contributed by atoms with Crippen LogP contribution in [0.2, 0.25) is 0 Å². The SMILES string of the molecule is Cc1cc(N)c(F)c(C2Cc3nc(OCC45CCCN4CC(F)C5)nc(N4CCNC5(CC5)C4)c3CO2)c1C(F)(F)F. The molecule has 3 atom stereocenters. The van der Waals surface area contributed by atoms with Crippen LogP contribution >= 0.6 is 0 Å². The molecule has 5 aliphatic rings. The standard InChI is InChI=1S/C29H35F5N6O2/c1-16-9-19(35)24(31)22(23(16)29(32,33)34)21-10-20-18(13-41-21)25(39-8-6-36-27(14-39)4-5-27)38-26(37-20)42-15-28-3-2-7-40(28)12-17(30)11-28/h9,17,21,36H,2-8,10-15,35H2,1H3. The number of halogens is 5. The number of ether oxygens (including phenoxy) is 2. The molecule has 4 aliphatic heterocycles. The van der Waals surface area contributed by atoms with Crippen molar-refractivity contribution in [3.63, 3.8) is 0 Å². The maximum atomic E-state index is 15.3. The zero-order valence-corrected chi connectivity index (χ0v) is 23.5. The molecule has 5 heterocycles. The third-order valence-electron chi connectivity index (χ3n) is 9.75. The van der Waals surface area contributed by atoms with E-state index in [0.717, 1.165) is 51.4 Å². The Bertz CT molecular complexity index is 1400. The molecule has 7 rings (SSSR count). The fourth-order valence-corrected chi connectivity index (χ4v) is 7.54. The van der Waals surface area contributed by atoms with Gasteiger partial charge in [0.2, 0.25) is 0 Å². The van der Waals surface area contributed by atoms with Gasteiger partial charge in [-0.1, -0.05) is 0 Å². The first-order valence-corrected chi connectivity index (χ1v) is 14.7. The van der Waals surface area contributed by atoms with Crippen LogP contribution in [0.15, 0.2) is 6.07 Å². The van der Waals surface area contributed by atoms with Crippen LogP contribution in [0.4, 0.5) is 33.5 Å². The van der Waals surface area contributed by atoms with Crippen molar-refractivity contribution >= 4 is 11.5 Å². The lowest BCUT2D eigenvalue weighted by Gasteiger charge is -2.37. The van der Waals surface area contributed by atoms with Gasteiger partial charge in [-0.05, 0) is 50.8 Å². The molecular weight excluding hydrogens is 559 g/mol. The van der Waals surface area contributed by atoms with Gasteiger partial charge in [-0.25, -0.2) is 8.78 Å². The highest BCUT2D eigenvalue weighted by atomic mass is 19.4. The normalized spacial score (nSPS) is 28.7. The lowest BCUT2D eigenvalue weighted by molar-refractivity contribution is -0.140. The first-order chi connectivity index (χ1) is 20.0. The van der Waals surface area contributed by atoms with Crippen molar-refractivity contribution in [1.29, 1.82) is 0 Å². The molecule has 2 aromatic rings. The van der Waals surface area contributed by atoms with E-state index in [-0.39, 0.29) is 42.4 Å². The largest absolute Gasteiger partial charge is 0.461 e. The third kappa shape index (κ3) is 4.77. The Kier molecular flexibility index (Phi) is 6.59. The Hall–Kier alpha value is -2.77.